The molecule has 0 atom stereocenters. The average Bonchev–Trinajstić information content (AvgIpc) is 2.72. The van der Waals surface area contributed by atoms with E-state index in [0.29, 0.717) is 44.7 Å². The van der Waals surface area contributed by atoms with Crippen molar-refractivity contribution >= 4 is 28.6 Å². The van der Waals surface area contributed by atoms with Crippen molar-refractivity contribution in [3.63, 3.8) is 0 Å². The predicted molar refractivity (Wildman–Crippen MR) is 112 cm³/mol. The van der Waals surface area contributed by atoms with Crippen LogP contribution in [0.3, 0.4) is 0 Å². The van der Waals surface area contributed by atoms with Crippen LogP contribution in [-0.2, 0) is 0 Å². The summed E-state index contributed by atoms with van der Waals surface area (Å²) in [5.74, 6) is -1.91. The Morgan fingerprint density at radius 1 is 0.933 bits per heavy atom. The minimum Gasteiger partial charge on any atom is -0.478 e. The van der Waals surface area contributed by atoms with Gasteiger partial charge in [0.25, 0.3) is 0 Å². The van der Waals surface area contributed by atoms with Gasteiger partial charge in [-0.25, -0.2) is 9.59 Å². The minimum absolute atomic E-state index is 0.0295. The van der Waals surface area contributed by atoms with Gasteiger partial charge in [0, 0.05) is 33.3 Å². The van der Waals surface area contributed by atoms with Gasteiger partial charge < -0.3 is 25.8 Å². The minimum atomic E-state index is -1.18. The first kappa shape index (κ1) is 19.2. The molecule has 1 aliphatic heterocycles. The topological polar surface area (TPSA) is 138 Å². The van der Waals surface area contributed by atoms with Crippen LogP contribution in [0.4, 0.5) is 5.69 Å². The third kappa shape index (κ3) is 2.79. The lowest BCUT2D eigenvalue weighted by Gasteiger charge is -2.20. The molecule has 1 heterocycles. The molecule has 0 radical (unpaired) electrons. The molecule has 2 aliphatic rings. The summed E-state index contributed by atoms with van der Waals surface area (Å²) in [6.07, 6.45) is 0. The number of rotatable bonds is 3. The van der Waals surface area contributed by atoms with Crippen molar-refractivity contribution in [3.8, 4) is 22.5 Å². The normalized spacial score (nSPS) is 11.1. The van der Waals surface area contributed by atoms with Gasteiger partial charge in [0.1, 0.15) is 11.3 Å². The lowest BCUT2D eigenvalue weighted by atomic mass is 9.88. The summed E-state index contributed by atoms with van der Waals surface area (Å²) in [7, 11) is 0. The molecule has 0 aromatic heterocycles. The first-order valence-corrected chi connectivity index (χ1v) is 9.11. The number of carbonyl (C=O) groups is 2. The van der Waals surface area contributed by atoms with Gasteiger partial charge in [-0.3, -0.25) is 0 Å². The molecule has 7 nitrogen and oxygen atoms in total. The van der Waals surface area contributed by atoms with Crippen molar-refractivity contribution in [1.82, 2.24) is 0 Å². The average molecular weight is 402 g/mol. The lowest BCUT2D eigenvalue weighted by Crippen LogP contribution is -2.09. The molecule has 0 amide bonds. The molecule has 1 aliphatic carbocycles. The fourth-order valence-electron chi connectivity index (χ4n) is 3.66. The SMILES string of the molecule is Cc1c2oc3c(C)c(N)ccc3c(-c3cc(C(=O)O)ccc3C(=O)O)c-2ccc1=N. The Kier molecular flexibility index (Phi) is 4.31. The number of fused-ring (bicyclic) bond motifs is 2. The largest absolute Gasteiger partial charge is 0.478 e. The molecule has 0 spiro atoms. The van der Waals surface area contributed by atoms with E-state index in [1.54, 1.807) is 38.1 Å². The number of aryl methyl sites for hydroxylation is 1. The molecule has 2 aromatic rings. The number of hydrogen-bond acceptors (Lipinski definition) is 5. The summed E-state index contributed by atoms with van der Waals surface area (Å²) in [5, 5.41) is 28.2. The van der Waals surface area contributed by atoms with E-state index in [4.69, 9.17) is 15.6 Å². The fraction of sp³-hybridized carbons (Fsp3) is 0.0870. The molecular formula is C23H18N2O5. The van der Waals surface area contributed by atoms with Gasteiger partial charge in [-0.05, 0) is 61.9 Å². The highest BCUT2D eigenvalue weighted by Crippen LogP contribution is 2.43. The van der Waals surface area contributed by atoms with Crippen molar-refractivity contribution < 1.29 is 24.2 Å². The number of aromatic carboxylic acids is 2. The summed E-state index contributed by atoms with van der Waals surface area (Å²) < 4.78 is 6.15. The summed E-state index contributed by atoms with van der Waals surface area (Å²) in [4.78, 5) is 23.6. The van der Waals surface area contributed by atoms with Crippen molar-refractivity contribution in [1.29, 1.82) is 5.41 Å². The predicted octanol–water partition coefficient (Wildman–Crippen LogP) is 4.28. The molecular weight excluding hydrogens is 384 g/mol. The number of hydrogen-bond donors (Lipinski definition) is 4. The van der Waals surface area contributed by atoms with Gasteiger partial charge in [-0.1, -0.05) is 0 Å². The van der Waals surface area contributed by atoms with Crippen LogP contribution in [0.15, 0.2) is 46.9 Å². The molecule has 150 valence electrons. The van der Waals surface area contributed by atoms with Crippen LogP contribution in [0.1, 0.15) is 31.8 Å². The quantitative estimate of drug-likeness (QED) is 0.298. The van der Waals surface area contributed by atoms with E-state index in [0.717, 1.165) is 0 Å². The number of carboxylic acids is 2. The van der Waals surface area contributed by atoms with Gasteiger partial charge in [0.2, 0.25) is 0 Å². The van der Waals surface area contributed by atoms with Crippen LogP contribution in [0, 0.1) is 19.3 Å². The Bertz CT molecular complexity index is 1400. The van der Waals surface area contributed by atoms with Crippen molar-refractivity contribution in [3.05, 3.63) is 70.1 Å². The Hall–Kier alpha value is -4.13. The van der Waals surface area contributed by atoms with Crippen LogP contribution in [-0.4, -0.2) is 22.2 Å². The summed E-state index contributed by atoms with van der Waals surface area (Å²) in [6.45, 7) is 3.54. The van der Waals surface area contributed by atoms with Gasteiger partial charge >= 0.3 is 11.9 Å². The van der Waals surface area contributed by atoms with E-state index in [2.05, 4.69) is 0 Å². The van der Waals surface area contributed by atoms with Crippen LogP contribution < -0.4 is 11.1 Å². The second-order valence-electron chi connectivity index (χ2n) is 7.12. The number of nitrogens with two attached hydrogens (primary N) is 1. The van der Waals surface area contributed by atoms with Crippen LogP contribution in [0.25, 0.3) is 33.4 Å². The Morgan fingerprint density at radius 2 is 1.67 bits per heavy atom. The van der Waals surface area contributed by atoms with Crippen molar-refractivity contribution in [2.75, 3.05) is 5.73 Å². The number of anilines is 1. The maximum absolute atomic E-state index is 12.0. The molecule has 7 heteroatoms. The van der Waals surface area contributed by atoms with Crippen molar-refractivity contribution in [2.24, 2.45) is 0 Å². The van der Waals surface area contributed by atoms with Crippen LogP contribution in [0.2, 0.25) is 0 Å². The second-order valence-corrected chi connectivity index (χ2v) is 7.12. The monoisotopic (exact) mass is 402 g/mol. The molecule has 0 fully saturated rings. The standard InChI is InChI=1S/C23H18N2O5/c1-10-17(24)7-5-14-19(15-6-8-18(25)11(2)21(15)30-20(10)14)16-9-12(22(26)27)3-4-13(16)23(28)29/h3-9,24H,25H2,1-2H3,(H,26,27)(H,28,29). The van der Waals surface area contributed by atoms with E-state index in [9.17, 15) is 19.8 Å². The Morgan fingerprint density at radius 3 is 2.33 bits per heavy atom. The molecule has 4 rings (SSSR count). The summed E-state index contributed by atoms with van der Waals surface area (Å²) >= 11 is 0. The summed E-state index contributed by atoms with van der Waals surface area (Å²) in [5.41, 5.74) is 9.61. The fourth-order valence-corrected chi connectivity index (χ4v) is 3.66. The smallest absolute Gasteiger partial charge is 0.336 e. The zero-order chi connectivity index (χ0) is 21.7. The summed E-state index contributed by atoms with van der Waals surface area (Å²) in [6, 6.07) is 10.6. The van der Waals surface area contributed by atoms with E-state index in [-0.39, 0.29) is 22.0 Å². The van der Waals surface area contributed by atoms with E-state index in [1.165, 1.54) is 18.2 Å². The second kappa shape index (κ2) is 6.73. The number of nitrogen functional groups attached to an aromatic ring is 1. The van der Waals surface area contributed by atoms with Gasteiger partial charge in [0.15, 0.2) is 0 Å². The molecule has 0 unspecified atom stereocenters. The highest BCUT2D eigenvalue weighted by molar-refractivity contribution is 6.09. The van der Waals surface area contributed by atoms with Crippen LogP contribution >= 0.6 is 0 Å². The number of nitrogens with one attached hydrogen (secondary N) is 1. The maximum atomic E-state index is 12.0. The zero-order valence-corrected chi connectivity index (χ0v) is 16.2. The first-order valence-electron chi connectivity index (χ1n) is 9.11. The molecule has 0 bridgehead atoms. The van der Waals surface area contributed by atoms with E-state index >= 15 is 0 Å². The van der Waals surface area contributed by atoms with Crippen molar-refractivity contribution in [2.45, 2.75) is 13.8 Å². The Labute approximate surface area is 170 Å². The van der Waals surface area contributed by atoms with Gasteiger partial charge in [-0.15, -0.1) is 0 Å². The van der Waals surface area contributed by atoms with E-state index in [1.807, 2.05) is 0 Å². The third-order valence-electron chi connectivity index (χ3n) is 5.36. The molecule has 0 saturated heterocycles. The highest BCUT2D eigenvalue weighted by Gasteiger charge is 2.24. The first-order chi connectivity index (χ1) is 14.2. The maximum Gasteiger partial charge on any atom is 0.336 e. The number of carboxylic acid groups (broad SMARTS) is 2. The van der Waals surface area contributed by atoms with E-state index < -0.39 is 11.9 Å². The zero-order valence-electron chi connectivity index (χ0n) is 16.2. The highest BCUT2D eigenvalue weighted by atomic mass is 16.4. The lowest BCUT2D eigenvalue weighted by molar-refractivity contribution is 0.0682. The van der Waals surface area contributed by atoms with Gasteiger partial charge in [-0.2, -0.15) is 0 Å². The Balaban J connectivity index is 2.28. The third-order valence-corrected chi connectivity index (χ3v) is 5.36. The molecule has 5 N–H and O–H groups in total. The van der Waals surface area contributed by atoms with Gasteiger partial charge in [0.05, 0.1) is 16.5 Å². The number of benzene rings is 3. The molecule has 30 heavy (non-hydrogen) atoms. The molecule has 2 aromatic carbocycles. The van der Waals surface area contributed by atoms with Crippen LogP contribution in [0.5, 0.6) is 0 Å². The molecule has 0 saturated carbocycles.